The highest BCUT2D eigenvalue weighted by Gasteiger charge is 2.39. The van der Waals surface area contributed by atoms with E-state index in [1.54, 1.807) is 29.4 Å². The standard InChI is InChI=1S/C24H29Cl2N3O3/c1-27(16-19-7-4-14-32-19)24(31)22(17-5-2-3-6-17)28-10-12-29(13-11-28)23(30)20-9-8-18(25)15-21(20)26/h4,7-9,14-15,17,22H,2-3,5-6,10-13,16H2,1H3/t22-/m1/s1. The molecule has 1 saturated heterocycles. The van der Waals surface area contributed by atoms with E-state index in [1.807, 2.05) is 24.1 Å². The molecule has 0 unspecified atom stereocenters. The maximum Gasteiger partial charge on any atom is 0.255 e. The van der Waals surface area contributed by atoms with Crippen molar-refractivity contribution in [2.75, 3.05) is 33.2 Å². The fourth-order valence-electron chi connectivity index (χ4n) is 4.91. The average molecular weight is 478 g/mol. The van der Waals surface area contributed by atoms with Gasteiger partial charge in [-0.1, -0.05) is 36.0 Å². The van der Waals surface area contributed by atoms with E-state index in [0.717, 1.165) is 18.6 Å². The van der Waals surface area contributed by atoms with Gasteiger partial charge < -0.3 is 14.2 Å². The van der Waals surface area contributed by atoms with Crippen molar-refractivity contribution >= 4 is 35.0 Å². The van der Waals surface area contributed by atoms with Gasteiger partial charge >= 0.3 is 0 Å². The lowest BCUT2D eigenvalue weighted by Gasteiger charge is -2.42. The molecule has 1 saturated carbocycles. The molecule has 8 heteroatoms. The maximum absolute atomic E-state index is 13.5. The van der Waals surface area contributed by atoms with E-state index in [-0.39, 0.29) is 17.9 Å². The first-order valence-corrected chi connectivity index (χ1v) is 12.0. The van der Waals surface area contributed by atoms with Gasteiger partial charge in [0.2, 0.25) is 5.91 Å². The number of hydrogen-bond acceptors (Lipinski definition) is 4. The number of likely N-dealkylation sites (N-methyl/N-ethyl adjacent to an activating group) is 1. The highest BCUT2D eigenvalue weighted by Crippen LogP contribution is 2.32. The summed E-state index contributed by atoms with van der Waals surface area (Å²) in [5, 5.41) is 0.872. The number of hydrogen-bond donors (Lipinski definition) is 0. The largest absolute Gasteiger partial charge is 0.467 e. The molecule has 0 bridgehead atoms. The summed E-state index contributed by atoms with van der Waals surface area (Å²) in [6.07, 6.45) is 6.12. The third-order valence-corrected chi connectivity index (χ3v) is 7.15. The van der Waals surface area contributed by atoms with Crippen molar-refractivity contribution in [1.29, 1.82) is 0 Å². The number of nitrogens with zero attached hydrogens (tertiary/aromatic N) is 3. The monoisotopic (exact) mass is 477 g/mol. The Labute approximate surface area is 199 Å². The van der Waals surface area contributed by atoms with E-state index in [2.05, 4.69) is 4.90 Å². The number of carbonyl (C=O) groups is 2. The number of benzene rings is 1. The molecule has 2 fully saturated rings. The van der Waals surface area contributed by atoms with Crippen LogP contribution in [0.1, 0.15) is 41.8 Å². The average Bonchev–Trinajstić information content (AvgIpc) is 3.48. The van der Waals surface area contributed by atoms with Crippen molar-refractivity contribution in [2.45, 2.75) is 38.3 Å². The molecule has 6 nitrogen and oxygen atoms in total. The Kier molecular flexibility index (Phi) is 7.44. The number of furan rings is 1. The van der Waals surface area contributed by atoms with Gasteiger partial charge in [0.1, 0.15) is 5.76 Å². The molecule has 32 heavy (non-hydrogen) atoms. The molecule has 1 aliphatic carbocycles. The van der Waals surface area contributed by atoms with E-state index >= 15 is 0 Å². The van der Waals surface area contributed by atoms with Crippen molar-refractivity contribution < 1.29 is 14.0 Å². The quantitative estimate of drug-likeness (QED) is 0.611. The number of rotatable bonds is 6. The normalized spacial score (nSPS) is 18.7. The van der Waals surface area contributed by atoms with E-state index < -0.39 is 0 Å². The van der Waals surface area contributed by atoms with Crippen LogP contribution in [0, 0.1) is 5.92 Å². The summed E-state index contributed by atoms with van der Waals surface area (Å²) in [5.74, 6) is 1.18. The first-order chi connectivity index (χ1) is 15.4. The van der Waals surface area contributed by atoms with Crippen molar-refractivity contribution in [3.63, 3.8) is 0 Å². The lowest BCUT2D eigenvalue weighted by Crippen LogP contribution is -2.58. The van der Waals surface area contributed by atoms with Gasteiger partial charge in [0.05, 0.1) is 29.4 Å². The van der Waals surface area contributed by atoms with Crippen molar-refractivity contribution in [3.8, 4) is 0 Å². The molecule has 2 aromatic rings. The number of piperazine rings is 1. The predicted molar refractivity (Wildman–Crippen MR) is 125 cm³/mol. The molecule has 0 N–H and O–H groups in total. The van der Waals surface area contributed by atoms with Crippen LogP contribution in [0.2, 0.25) is 10.0 Å². The van der Waals surface area contributed by atoms with Crippen molar-refractivity contribution in [3.05, 3.63) is 58.0 Å². The van der Waals surface area contributed by atoms with Crippen LogP contribution in [-0.2, 0) is 11.3 Å². The van der Waals surface area contributed by atoms with Gasteiger partial charge in [0.15, 0.2) is 0 Å². The third-order valence-electron chi connectivity index (χ3n) is 6.61. The second-order valence-electron chi connectivity index (χ2n) is 8.72. The Balaban J connectivity index is 1.43. The Hall–Kier alpha value is -2.02. The zero-order chi connectivity index (χ0) is 22.7. The second kappa shape index (κ2) is 10.3. The molecule has 1 atom stereocenters. The first kappa shape index (κ1) is 23.1. The predicted octanol–water partition coefficient (Wildman–Crippen LogP) is 4.56. The molecule has 1 aromatic heterocycles. The van der Waals surface area contributed by atoms with E-state index in [4.69, 9.17) is 27.6 Å². The van der Waals surface area contributed by atoms with Crippen LogP contribution < -0.4 is 0 Å². The third kappa shape index (κ3) is 5.13. The minimum Gasteiger partial charge on any atom is -0.467 e. The zero-order valence-electron chi connectivity index (χ0n) is 18.3. The molecule has 2 heterocycles. The summed E-state index contributed by atoms with van der Waals surface area (Å²) >= 11 is 12.2. The van der Waals surface area contributed by atoms with E-state index in [0.29, 0.717) is 54.3 Å². The van der Waals surface area contributed by atoms with Crippen molar-refractivity contribution in [2.24, 2.45) is 5.92 Å². The minimum absolute atomic E-state index is 0.0926. The van der Waals surface area contributed by atoms with Gasteiger partial charge in [-0.2, -0.15) is 0 Å². The molecule has 0 radical (unpaired) electrons. The van der Waals surface area contributed by atoms with Gasteiger partial charge in [-0.05, 0) is 49.1 Å². The number of carbonyl (C=O) groups excluding carboxylic acids is 2. The summed E-state index contributed by atoms with van der Waals surface area (Å²) in [7, 11) is 1.84. The van der Waals surface area contributed by atoms with Gasteiger partial charge in [-0.15, -0.1) is 0 Å². The van der Waals surface area contributed by atoms with Crippen LogP contribution in [0.15, 0.2) is 41.0 Å². The highest BCUT2D eigenvalue weighted by atomic mass is 35.5. The molecule has 2 amide bonds. The van der Waals surface area contributed by atoms with Crippen LogP contribution in [0.4, 0.5) is 0 Å². The molecule has 172 valence electrons. The number of halogens is 2. The Morgan fingerprint density at radius 3 is 2.47 bits per heavy atom. The number of amides is 2. The summed E-state index contributed by atoms with van der Waals surface area (Å²) in [6, 6.07) is 8.52. The molecule has 2 aliphatic rings. The molecular formula is C24H29Cl2N3O3. The van der Waals surface area contributed by atoms with Gasteiger partial charge in [-0.25, -0.2) is 0 Å². The van der Waals surface area contributed by atoms with Gasteiger partial charge in [-0.3, -0.25) is 14.5 Å². The summed E-state index contributed by atoms with van der Waals surface area (Å²) in [6.45, 7) is 2.92. The van der Waals surface area contributed by atoms with E-state index in [1.165, 1.54) is 12.8 Å². The second-order valence-corrected chi connectivity index (χ2v) is 9.56. The molecule has 1 aliphatic heterocycles. The zero-order valence-corrected chi connectivity index (χ0v) is 19.8. The minimum atomic E-state index is -0.158. The van der Waals surface area contributed by atoms with Crippen LogP contribution in [0.5, 0.6) is 0 Å². The lowest BCUT2D eigenvalue weighted by molar-refractivity contribution is -0.139. The van der Waals surface area contributed by atoms with Crippen molar-refractivity contribution in [1.82, 2.24) is 14.7 Å². The summed E-state index contributed by atoms with van der Waals surface area (Å²) in [5.41, 5.74) is 0.464. The van der Waals surface area contributed by atoms with Crippen LogP contribution >= 0.6 is 23.2 Å². The summed E-state index contributed by atoms with van der Waals surface area (Å²) < 4.78 is 5.43. The van der Waals surface area contributed by atoms with Gasteiger partial charge in [0.25, 0.3) is 5.91 Å². The smallest absolute Gasteiger partial charge is 0.255 e. The highest BCUT2D eigenvalue weighted by molar-refractivity contribution is 6.36. The molecule has 1 aromatic carbocycles. The fourth-order valence-corrected chi connectivity index (χ4v) is 5.39. The molecule has 4 rings (SSSR count). The molecular weight excluding hydrogens is 449 g/mol. The maximum atomic E-state index is 13.5. The Morgan fingerprint density at radius 1 is 1.12 bits per heavy atom. The summed E-state index contributed by atoms with van der Waals surface area (Å²) in [4.78, 5) is 32.3. The van der Waals surface area contributed by atoms with Crippen LogP contribution in [0.3, 0.4) is 0 Å². The topological polar surface area (TPSA) is 57.0 Å². The fraction of sp³-hybridized carbons (Fsp3) is 0.500. The van der Waals surface area contributed by atoms with Crippen LogP contribution in [-0.4, -0.2) is 65.8 Å². The lowest BCUT2D eigenvalue weighted by atomic mass is 9.94. The molecule has 0 spiro atoms. The van der Waals surface area contributed by atoms with Crippen LogP contribution in [0.25, 0.3) is 0 Å². The van der Waals surface area contributed by atoms with Gasteiger partial charge in [0, 0.05) is 38.2 Å². The first-order valence-electron chi connectivity index (χ1n) is 11.2. The SMILES string of the molecule is CN(Cc1ccco1)C(=O)[C@@H](C1CCCC1)N1CCN(C(=O)c2ccc(Cl)cc2Cl)CC1. The Morgan fingerprint density at radius 2 is 1.84 bits per heavy atom. The van der Waals surface area contributed by atoms with E-state index in [9.17, 15) is 9.59 Å². The Bertz CT molecular complexity index is 936.